The van der Waals surface area contributed by atoms with Gasteiger partial charge < -0.3 is 15.2 Å². The summed E-state index contributed by atoms with van der Waals surface area (Å²) in [4.78, 5) is 11.6. The molecule has 0 fully saturated rings. The third-order valence-electron chi connectivity index (χ3n) is 2.80. The lowest BCUT2D eigenvalue weighted by atomic mass is 10.0. The zero-order valence-corrected chi connectivity index (χ0v) is 12.9. The van der Waals surface area contributed by atoms with Crippen molar-refractivity contribution in [2.45, 2.75) is 59.0 Å². The molecule has 1 rings (SSSR count). The molecular formula is C16H24F3NO3. The van der Waals surface area contributed by atoms with Crippen LogP contribution in [0, 0.1) is 0 Å². The lowest BCUT2D eigenvalue weighted by molar-refractivity contribution is -0.137. The van der Waals surface area contributed by atoms with Gasteiger partial charge in [-0.25, -0.2) is 4.79 Å². The maximum atomic E-state index is 12.5. The second-order valence-electron chi connectivity index (χ2n) is 6.00. The number of rotatable bonds is 3. The summed E-state index contributed by atoms with van der Waals surface area (Å²) in [5.74, 6) is 0. The third-order valence-corrected chi connectivity index (χ3v) is 2.80. The number of nitrogens with one attached hydrogen (secondary N) is 1. The molecular weight excluding hydrogens is 311 g/mol. The molecule has 0 bridgehead atoms. The average Bonchev–Trinajstić information content (AvgIpc) is 2.34. The van der Waals surface area contributed by atoms with Crippen molar-refractivity contribution in [3.05, 3.63) is 35.4 Å². The van der Waals surface area contributed by atoms with Gasteiger partial charge in [-0.15, -0.1) is 0 Å². The van der Waals surface area contributed by atoms with E-state index in [0.29, 0.717) is 0 Å². The summed E-state index contributed by atoms with van der Waals surface area (Å²) >= 11 is 0. The highest BCUT2D eigenvalue weighted by Gasteiger charge is 2.30. The SMILES string of the molecule is C.C[C@H](NC(=O)OC(C)(C)C)[C@H](O)c1ccc(C(F)(F)F)cc1. The Morgan fingerprint density at radius 1 is 1.17 bits per heavy atom. The first-order valence-electron chi connectivity index (χ1n) is 6.75. The van der Waals surface area contributed by atoms with E-state index >= 15 is 0 Å². The second kappa shape index (κ2) is 7.68. The molecule has 0 saturated heterocycles. The number of amides is 1. The van der Waals surface area contributed by atoms with E-state index in [-0.39, 0.29) is 13.0 Å². The van der Waals surface area contributed by atoms with E-state index in [1.54, 1.807) is 20.8 Å². The van der Waals surface area contributed by atoms with Crippen molar-refractivity contribution in [2.75, 3.05) is 0 Å². The van der Waals surface area contributed by atoms with Gasteiger partial charge in [0.15, 0.2) is 0 Å². The van der Waals surface area contributed by atoms with E-state index in [1.165, 1.54) is 19.1 Å². The van der Waals surface area contributed by atoms with Crippen LogP contribution in [0.3, 0.4) is 0 Å². The molecule has 7 heteroatoms. The van der Waals surface area contributed by atoms with Crippen molar-refractivity contribution in [1.82, 2.24) is 5.32 Å². The van der Waals surface area contributed by atoms with Crippen LogP contribution in [0.5, 0.6) is 0 Å². The van der Waals surface area contributed by atoms with Crippen molar-refractivity contribution >= 4 is 6.09 Å². The fourth-order valence-corrected chi connectivity index (χ4v) is 1.73. The van der Waals surface area contributed by atoms with E-state index in [9.17, 15) is 23.1 Å². The van der Waals surface area contributed by atoms with Crippen LogP contribution in [0.15, 0.2) is 24.3 Å². The van der Waals surface area contributed by atoms with E-state index in [4.69, 9.17) is 4.74 Å². The number of aliphatic hydroxyl groups is 1. The number of hydrogen-bond donors (Lipinski definition) is 2. The molecule has 1 amide bonds. The Morgan fingerprint density at radius 3 is 2.04 bits per heavy atom. The molecule has 23 heavy (non-hydrogen) atoms. The van der Waals surface area contributed by atoms with Crippen molar-refractivity contribution in [3.8, 4) is 0 Å². The van der Waals surface area contributed by atoms with Gasteiger partial charge in [0.25, 0.3) is 0 Å². The molecule has 0 aliphatic rings. The number of alkyl carbamates (subject to hydrolysis) is 1. The molecule has 0 radical (unpaired) electrons. The van der Waals surface area contributed by atoms with Crippen LogP contribution in [0.1, 0.15) is 52.4 Å². The lowest BCUT2D eigenvalue weighted by Crippen LogP contribution is -2.40. The molecule has 1 aromatic carbocycles. The summed E-state index contributed by atoms with van der Waals surface area (Å²) in [5.41, 5.74) is -1.20. The topological polar surface area (TPSA) is 58.6 Å². The smallest absolute Gasteiger partial charge is 0.416 e. The van der Waals surface area contributed by atoms with Gasteiger partial charge in [-0.2, -0.15) is 13.2 Å². The Morgan fingerprint density at radius 2 is 1.65 bits per heavy atom. The first kappa shape index (κ1) is 21.2. The highest BCUT2D eigenvalue weighted by atomic mass is 19.4. The Hall–Kier alpha value is -1.76. The summed E-state index contributed by atoms with van der Waals surface area (Å²) in [7, 11) is 0. The molecule has 0 aliphatic carbocycles. The third kappa shape index (κ3) is 6.90. The molecule has 1 aromatic rings. The van der Waals surface area contributed by atoms with Gasteiger partial charge in [0.1, 0.15) is 5.60 Å². The van der Waals surface area contributed by atoms with Crippen molar-refractivity contribution in [3.63, 3.8) is 0 Å². The number of aliphatic hydroxyl groups excluding tert-OH is 1. The van der Waals surface area contributed by atoms with Crippen LogP contribution in [-0.2, 0) is 10.9 Å². The van der Waals surface area contributed by atoms with Crippen LogP contribution >= 0.6 is 0 Å². The number of hydrogen-bond acceptors (Lipinski definition) is 3. The molecule has 2 N–H and O–H groups in total. The maximum Gasteiger partial charge on any atom is 0.416 e. The average molecular weight is 335 g/mol. The van der Waals surface area contributed by atoms with E-state index < -0.39 is 35.6 Å². The molecule has 0 aliphatic heterocycles. The number of carbonyl (C=O) groups excluding carboxylic acids is 1. The normalized spacial score (nSPS) is 14.4. The van der Waals surface area contributed by atoms with Gasteiger partial charge in [-0.05, 0) is 45.4 Å². The van der Waals surface area contributed by atoms with Crippen molar-refractivity contribution in [2.24, 2.45) is 0 Å². The van der Waals surface area contributed by atoms with Crippen LogP contribution in [0.25, 0.3) is 0 Å². The van der Waals surface area contributed by atoms with E-state index in [0.717, 1.165) is 12.1 Å². The highest BCUT2D eigenvalue weighted by Crippen LogP contribution is 2.30. The predicted octanol–water partition coefficient (Wildman–Crippen LogP) is 4.29. The number of carbonyl (C=O) groups is 1. The van der Waals surface area contributed by atoms with E-state index in [2.05, 4.69) is 5.32 Å². The number of benzene rings is 1. The Kier molecular flexibility index (Phi) is 7.09. The van der Waals surface area contributed by atoms with Crippen LogP contribution in [0.4, 0.5) is 18.0 Å². The van der Waals surface area contributed by atoms with Crippen LogP contribution in [-0.4, -0.2) is 22.8 Å². The minimum atomic E-state index is -4.43. The van der Waals surface area contributed by atoms with Gasteiger partial charge in [0.2, 0.25) is 0 Å². The monoisotopic (exact) mass is 335 g/mol. The van der Waals surface area contributed by atoms with Gasteiger partial charge in [0.05, 0.1) is 17.7 Å². The van der Waals surface area contributed by atoms with Crippen LogP contribution in [0.2, 0.25) is 0 Å². The summed E-state index contributed by atoms with van der Waals surface area (Å²) < 4.78 is 42.5. The standard InChI is InChI=1S/C15H20F3NO3.CH4/c1-9(19-13(21)22-14(2,3)4)12(20)10-5-7-11(8-6-10)15(16,17)18;/h5-9,12,20H,1-4H3,(H,19,21);1H4/t9-,12-;/m0./s1. The Bertz CT molecular complexity index is 507. The van der Waals surface area contributed by atoms with Crippen LogP contribution < -0.4 is 5.32 Å². The first-order valence-corrected chi connectivity index (χ1v) is 6.75. The van der Waals surface area contributed by atoms with Crippen molar-refractivity contribution < 1.29 is 27.8 Å². The fourth-order valence-electron chi connectivity index (χ4n) is 1.73. The summed E-state index contributed by atoms with van der Waals surface area (Å²) in [6.07, 6.45) is -6.27. The quantitative estimate of drug-likeness (QED) is 0.866. The summed E-state index contributed by atoms with van der Waals surface area (Å²) in [5, 5.41) is 12.5. The van der Waals surface area contributed by atoms with Gasteiger partial charge in [-0.3, -0.25) is 0 Å². The second-order valence-corrected chi connectivity index (χ2v) is 6.00. The number of halogens is 3. The predicted molar refractivity (Wildman–Crippen MR) is 82.0 cm³/mol. The zero-order valence-electron chi connectivity index (χ0n) is 12.9. The minimum absolute atomic E-state index is 0. The molecule has 4 nitrogen and oxygen atoms in total. The first-order chi connectivity index (χ1) is 9.90. The molecule has 0 spiro atoms. The summed E-state index contributed by atoms with van der Waals surface area (Å²) in [6, 6.07) is 3.42. The zero-order chi connectivity index (χ0) is 17.1. The van der Waals surface area contributed by atoms with Gasteiger partial charge in [-0.1, -0.05) is 19.6 Å². The molecule has 0 unspecified atom stereocenters. The molecule has 2 atom stereocenters. The summed E-state index contributed by atoms with van der Waals surface area (Å²) in [6.45, 7) is 6.63. The number of alkyl halides is 3. The Balaban J connectivity index is 0.00000484. The molecule has 0 saturated carbocycles. The van der Waals surface area contributed by atoms with Gasteiger partial charge in [0, 0.05) is 0 Å². The fraction of sp³-hybridized carbons (Fsp3) is 0.562. The van der Waals surface area contributed by atoms with Crippen molar-refractivity contribution in [1.29, 1.82) is 0 Å². The molecule has 0 heterocycles. The Labute approximate surface area is 134 Å². The largest absolute Gasteiger partial charge is 0.444 e. The van der Waals surface area contributed by atoms with Gasteiger partial charge >= 0.3 is 12.3 Å². The maximum absolute atomic E-state index is 12.5. The number of ether oxygens (including phenoxy) is 1. The molecule has 132 valence electrons. The minimum Gasteiger partial charge on any atom is -0.444 e. The lowest BCUT2D eigenvalue weighted by Gasteiger charge is -2.24. The molecule has 0 aromatic heterocycles. The highest BCUT2D eigenvalue weighted by molar-refractivity contribution is 5.68. The van der Waals surface area contributed by atoms with E-state index in [1.807, 2.05) is 0 Å².